The van der Waals surface area contributed by atoms with Crippen LogP contribution in [-0.2, 0) is 0 Å². The summed E-state index contributed by atoms with van der Waals surface area (Å²) in [5.74, 6) is 0. The van der Waals surface area contributed by atoms with E-state index in [-0.39, 0.29) is 0 Å². The zero-order valence-corrected chi connectivity index (χ0v) is 10.7. The van der Waals surface area contributed by atoms with E-state index in [4.69, 9.17) is 5.26 Å². The van der Waals surface area contributed by atoms with Gasteiger partial charge < -0.3 is 4.90 Å². The summed E-state index contributed by atoms with van der Waals surface area (Å²) in [6.45, 7) is 2.16. The summed E-state index contributed by atoms with van der Waals surface area (Å²) >= 11 is 0. The maximum absolute atomic E-state index is 8.92. The SMILES string of the molecule is CN1C2CCC1CN(c1ccnc(C#N)c1)CC2. The smallest absolute Gasteiger partial charge is 0.142 e. The van der Waals surface area contributed by atoms with Crippen LogP contribution < -0.4 is 4.90 Å². The van der Waals surface area contributed by atoms with Crippen molar-refractivity contribution in [2.24, 2.45) is 0 Å². The molecule has 1 aromatic heterocycles. The average molecular weight is 242 g/mol. The molecule has 4 nitrogen and oxygen atoms in total. The summed E-state index contributed by atoms with van der Waals surface area (Å²) in [5.41, 5.74) is 1.65. The molecule has 4 heteroatoms. The number of pyridine rings is 1. The third-order valence-electron chi connectivity index (χ3n) is 4.37. The molecule has 3 rings (SSSR count). The van der Waals surface area contributed by atoms with E-state index in [0.717, 1.165) is 24.8 Å². The number of aromatic nitrogens is 1. The first-order valence-corrected chi connectivity index (χ1v) is 6.61. The van der Waals surface area contributed by atoms with Gasteiger partial charge >= 0.3 is 0 Å². The fraction of sp³-hybridized carbons (Fsp3) is 0.571. The lowest BCUT2D eigenvalue weighted by Gasteiger charge is -2.27. The van der Waals surface area contributed by atoms with Crippen molar-refractivity contribution in [1.82, 2.24) is 9.88 Å². The summed E-state index contributed by atoms with van der Waals surface area (Å²) < 4.78 is 0. The third-order valence-corrected chi connectivity index (χ3v) is 4.37. The molecule has 2 bridgehead atoms. The fourth-order valence-electron chi connectivity index (χ4n) is 3.22. The number of likely N-dealkylation sites (N-methyl/N-ethyl adjacent to an activating group) is 1. The molecule has 2 unspecified atom stereocenters. The standard InChI is InChI=1S/C14H18N4/c1-17-12-2-3-14(17)10-18(7-5-12)13-4-6-16-11(8-13)9-15/h4,6,8,12,14H,2-3,5,7,10H2,1H3. The summed E-state index contributed by atoms with van der Waals surface area (Å²) in [4.78, 5) is 8.98. The molecule has 0 N–H and O–H groups in total. The maximum atomic E-state index is 8.92. The van der Waals surface area contributed by atoms with Crippen molar-refractivity contribution < 1.29 is 0 Å². The Morgan fingerprint density at radius 2 is 2.17 bits per heavy atom. The van der Waals surface area contributed by atoms with Crippen molar-refractivity contribution in [3.8, 4) is 6.07 Å². The first kappa shape index (κ1) is 11.5. The quantitative estimate of drug-likeness (QED) is 0.750. The average Bonchev–Trinajstić information content (AvgIpc) is 2.63. The molecular weight excluding hydrogens is 224 g/mol. The zero-order valence-electron chi connectivity index (χ0n) is 10.7. The second-order valence-electron chi connectivity index (χ2n) is 5.30. The van der Waals surface area contributed by atoms with Crippen LogP contribution in [0.4, 0.5) is 5.69 Å². The van der Waals surface area contributed by atoms with E-state index in [2.05, 4.69) is 27.9 Å². The van der Waals surface area contributed by atoms with Gasteiger partial charge in [0.1, 0.15) is 11.8 Å². The van der Waals surface area contributed by atoms with Crippen molar-refractivity contribution in [2.45, 2.75) is 31.3 Å². The topological polar surface area (TPSA) is 43.2 Å². The lowest BCUT2D eigenvalue weighted by atomic mass is 10.1. The minimum Gasteiger partial charge on any atom is -0.370 e. The van der Waals surface area contributed by atoms with Crippen molar-refractivity contribution in [1.29, 1.82) is 5.26 Å². The van der Waals surface area contributed by atoms with Crippen LogP contribution in [0.3, 0.4) is 0 Å². The van der Waals surface area contributed by atoms with Crippen LogP contribution in [0.25, 0.3) is 0 Å². The molecular formula is C14H18N4. The Hall–Kier alpha value is -1.60. The number of nitrogens with zero attached hydrogens (tertiary/aromatic N) is 4. The highest BCUT2D eigenvalue weighted by Gasteiger charge is 2.34. The van der Waals surface area contributed by atoms with Gasteiger partial charge in [0.05, 0.1) is 0 Å². The number of anilines is 1. The predicted molar refractivity (Wildman–Crippen MR) is 70.4 cm³/mol. The van der Waals surface area contributed by atoms with E-state index in [1.54, 1.807) is 6.20 Å². The number of rotatable bonds is 1. The van der Waals surface area contributed by atoms with Gasteiger partial charge in [-0.1, -0.05) is 0 Å². The van der Waals surface area contributed by atoms with Gasteiger partial charge in [-0.05, 0) is 38.4 Å². The molecule has 2 aliphatic heterocycles. The van der Waals surface area contributed by atoms with Crippen molar-refractivity contribution in [2.75, 3.05) is 25.0 Å². The molecule has 2 atom stereocenters. The Bertz CT molecular complexity index is 479. The largest absolute Gasteiger partial charge is 0.370 e. The molecule has 1 aromatic rings. The van der Waals surface area contributed by atoms with Crippen LogP contribution in [0.1, 0.15) is 25.0 Å². The molecule has 0 spiro atoms. The molecule has 2 saturated heterocycles. The Balaban J connectivity index is 1.83. The van der Waals surface area contributed by atoms with Gasteiger partial charge in [0.25, 0.3) is 0 Å². The first-order valence-electron chi connectivity index (χ1n) is 6.61. The lowest BCUT2D eigenvalue weighted by molar-refractivity contribution is 0.254. The molecule has 3 heterocycles. The molecule has 2 aliphatic rings. The van der Waals surface area contributed by atoms with Crippen LogP contribution in [-0.4, -0.2) is 42.1 Å². The van der Waals surface area contributed by atoms with Gasteiger partial charge in [-0.3, -0.25) is 4.90 Å². The zero-order chi connectivity index (χ0) is 12.5. The Labute approximate surface area is 108 Å². The monoisotopic (exact) mass is 242 g/mol. The number of fused-ring (bicyclic) bond motifs is 2. The number of hydrogen-bond donors (Lipinski definition) is 0. The second kappa shape index (κ2) is 4.58. The van der Waals surface area contributed by atoms with Crippen LogP contribution in [0.5, 0.6) is 0 Å². The molecule has 2 fully saturated rings. The molecule has 0 radical (unpaired) electrons. The fourth-order valence-corrected chi connectivity index (χ4v) is 3.22. The Morgan fingerprint density at radius 1 is 1.33 bits per heavy atom. The van der Waals surface area contributed by atoms with Gasteiger partial charge in [0.15, 0.2) is 0 Å². The van der Waals surface area contributed by atoms with Crippen LogP contribution in [0.2, 0.25) is 0 Å². The highest BCUT2D eigenvalue weighted by Crippen LogP contribution is 2.30. The van der Waals surface area contributed by atoms with Gasteiger partial charge in [-0.25, -0.2) is 4.98 Å². The van der Waals surface area contributed by atoms with Gasteiger partial charge in [-0.15, -0.1) is 0 Å². The van der Waals surface area contributed by atoms with Crippen molar-refractivity contribution in [3.05, 3.63) is 24.0 Å². The van der Waals surface area contributed by atoms with E-state index in [1.807, 2.05) is 12.1 Å². The Kier molecular flexibility index (Phi) is 2.92. The molecule has 0 saturated carbocycles. The van der Waals surface area contributed by atoms with E-state index in [1.165, 1.54) is 19.3 Å². The van der Waals surface area contributed by atoms with E-state index >= 15 is 0 Å². The number of hydrogen-bond acceptors (Lipinski definition) is 4. The molecule has 0 aromatic carbocycles. The molecule has 0 aliphatic carbocycles. The number of nitriles is 1. The van der Waals surface area contributed by atoms with Crippen molar-refractivity contribution >= 4 is 5.69 Å². The first-order chi connectivity index (χ1) is 8.78. The summed E-state index contributed by atoms with van der Waals surface area (Å²) in [6, 6.07) is 7.44. The van der Waals surface area contributed by atoms with E-state index in [9.17, 15) is 0 Å². The highest BCUT2D eigenvalue weighted by molar-refractivity contribution is 5.49. The minimum atomic E-state index is 0.510. The molecule has 94 valence electrons. The highest BCUT2D eigenvalue weighted by atomic mass is 15.3. The molecule has 18 heavy (non-hydrogen) atoms. The van der Waals surface area contributed by atoms with Gasteiger partial charge in [0.2, 0.25) is 0 Å². The van der Waals surface area contributed by atoms with Gasteiger partial charge in [0, 0.05) is 37.1 Å². The Morgan fingerprint density at radius 3 is 3.00 bits per heavy atom. The van der Waals surface area contributed by atoms with Crippen LogP contribution >= 0.6 is 0 Å². The molecule has 0 amide bonds. The van der Waals surface area contributed by atoms with Crippen molar-refractivity contribution in [3.63, 3.8) is 0 Å². The second-order valence-corrected chi connectivity index (χ2v) is 5.30. The van der Waals surface area contributed by atoms with E-state index < -0.39 is 0 Å². The third kappa shape index (κ3) is 1.95. The predicted octanol–water partition coefficient (Wildman–Crippen LogP) is 1.63. The maximum Gasteiger partial charge on any atom is 0.142 e. The minimum absolute atomic E-state index is 0.510. The normalized spacial score (nSPS) is 27.9. The van der Waals surface area contributed by atoms with Crippen LogP contribution in [0, 0.1) is 11.3 Å². The summed E-state index contributed by atoms with van der Waals surface area (Å²) in [5, 5.41) is 8.92. The summed E-state index contributed by atoms with van der Waals surface area (Å²) in [7, 11) is 2.25. The summed E-state index contributed by atoms with van der Waals surface area (Å²) in [6.07, 6.45) is 5.60. The van der Waals surface area contributed by atoms with Gasteiger partial charge in [-0.2, -0.15) is 5.26 Å². The van der Waals surface area contributed by atoms with E-state index in [0.29, 0.717) is 11.7 Å². The lowest BCUT2D eigenvalue weighted by Crippen LogP contribution is -2.36. The van der Waals surface area contributed by atoms with Crippen LogP contribution in [0.15, 0.2) is 18.3 Å².